The average molecular weight is 388 g/mol. The van der Waals surface area contributed by atoms with Gasteiger partial charge in [-0.3, -0.25) is 9.59 Å². The van der Waals surface area contributed by atoms with Gasteiger partial charge in [-0.1, -0.05) is 35.3 Å². The van der Waals surface area contributed by atoms with E-state index in [9.17, 15) is 14.7 Å². The van der Waals surface area contributed by atoms with Crippen molar-refractivity contribution in [1.29, 1.82) is 0 Å². The fourth-order valence-corrected chi connectivity index (χ4v) is 2.75. The molecular weight excluding hydrogens is 375 g/mol. The highest BCUT2D eigenvalue weighted by Crippen LogP contribution is 2.30. The van der Waals surface area contributed by atoms with Crippen molar-refractivity contribution < 1.29 is 14.7 Å². The molecule has 0 aliphatic heterocycles. The minimum atomic E-state index is -0.776. The van der Waals surface area contributed by atoms with Crippen molar-refractivity contribution in [2.24, 2.45) is 5.73 Å². The number of halogens is 3. The van der Waals surface area contributed by atoms with Gasteiger partial charge < -0.3 is 16.2 Å². The van der Waals surface area contributed by atoms with E-state index in [2.05, 4.69) is 5.32 Å². The van der Waals surface area contributed by atoms with E-state index >= 15 is 0 Å². The number of nitrogens with one attached hydrogen (secondary N) is 1. The molecule has 0 aromatic heterocycles. The highest BCUT2D eigenvalue weighted by molar-refractivity contribution is 6.64. The Morgan fingerprint density at radius 2 is 1.67 bits per heavy atom. The second-order valence-electron chi connectivity index (χ2n) is 5.05. The predicted octanol–water partition coefficient (Wildman–Crippen LogP) is 3.59. The van der Waals surface area contributed by atoms with E-state index in [-0.39, 0.29) is 21.4 Å². The number of phenolic OH excluding ortho intramolecular Hbond substituents is 1. The maximum atomic E-state index is 12.3. The van der Waals surface area contributed by atoms with Crippen molar-refractivity contribution in [3.63, 3.8) is 0 Å². The lowest BCUT2D eigenvalue weighted by atomic mass is 10.1. The van der Waals surface area contributed by atoms with Crippen LogP contribution in [0.15, 0.2) is 36.4 Å². The van der Waals surface area contributed by atoms with Gasteiger partial charge in [0.05, 0.1) is 21.7 Å². The second kappa shape index (κ2) is 7.85. The lowest BCUT2D eigenvalue weighted by Crippen LogP contribution is -2.29. The van der Waals surface area contributed by atoms with E-state index in [0.29, 0.717) is 12.1 Å². The van der Waals surface area contributed by atoms with Crippen LogP contribution >= 0.6 is 34.8 Å². The van der Waals surface area contributed by atoms with Crippen LogP contribution in [0.1, 0.15) is 15.9 Å². The number of hydrogen-bond acceptors (Lipinski definition) is 4. The van der Waals surface area contributed by atoms with E-state index in [0.717, 1.165) is 5.56 Å². The predicted molar refractivity (Wildman–Crippen MR) is 95.1 cm³/mol. The van der Waals surface area contributed by atoms with E-state index in [1.807, 2.05) is 0 Å². The fraction of sp³-hybridized carbons (Fsp3) is 0.125. The maximum Gasteiger partial charge on any atom is 0.258 e. The van der Waals surface area contributed by atoms with Gasteiger partial charge in [-0.15, -0.1) is 0 Å². The van der Waals surface area contributed by atoms with Crippen molar-refractivity contribution in [1.82, 2.24) is 0 Å². The Bertz CT molecular complexity index is 756. The van der Waals surface area contributed by atoms with Crippen molar-refractivity contribution in [3.05, 3.63) is 57.6 Å². The van der Waals surface area contributed by atoms with Crippen LogP contribution in [-0.2, 0) is 11.2 Å². The van der Waals surface area contributed by atoms with Crippen LogP contribution in [-0.4, -0.2) is 22.3 Å². The highest BCUT2D eigenvalue weighted by Gasteiger charge is 2.17. The molecule has 0 heterocycles. The van der Waals surface area contributed by atoms with E-state index in [1.165, 1.54) is 12.1 Å². The van der Waals surface area contributed by atoms with Gasteiger partial charge in [0.2, 0.25) is 5.24 Å². The van der Waals surface area contributed by atoms with Crippen LogP contribution in [0.5, 0.6) is 5.75 Å². The van der Waals surface area contributed by atoms with Gasteiger partial charge in [0.1, 0.15) is 5.75 Å². The van der Waals surface area contributed by atoms with Gasteiger partial charge >= 0.3 is 0 Å². The summed E-state index contributed by atoms with van der Waals surface area (Å²) in [5.74, 6) is -0.638. The molecule has 2 rings (SSSR count). The van der Waals surface area contributed by atoms with Crippen LogP contribution in [0.3, 0.4) is 0 Å². The molecule has 0 saturated heterocycles. The largest absolute Gasteiger partial charge is 0.508 e. The highest BCUT2D eigenvalue weighted by atomic mass is 35.5. The second-order valence-corrected chi connectivity index (χ2v) is 6.24. The van der Waals surface area contributed by atoms with Crippen LogP contribution in [0.25, 0.3) is 0 Å². The number of benzene rings is 2. The van der Waals surface area contributed by atoms with E-state index < -0.39 is 17.2 Å². The average Bonchev–Trinajstić information content (AvgIpc) is 2.48. The maximum absolute atomic E-state index is 12.3. The molecule has 1 amide bonds. The first-order chi connectivity index (χ1) is 11.3. The van der Waals surface area contributed by atoms with Gasteiger partial charge in [0.25, 0.3) is 5.91 Å². The molecule has 8 heteroatoms. The van der Waals surface area contributed by atoms with E-state index in [1.54, 1.807) is 24.3 Å². The molecule has 0 aliphatic rings. The minimum Gasteiger partial charge on any atom is -0.508 e. The number of anilines is 1. The zero-order chi connectivity index (χ0) is 17.9. The Hall–Kier alpha value is -1.79. The summed E-state index contributed by atoms with van der Waals surface area (Å²) in [6.45, 7) is 0. The number of aromatic hydroxyl groups is 1. The van der Waals surface area contributed by atoms with Crippen molar-refractivity contribution in [3.8, 4) is 5.75 Å². The third kappa shape index (κ3) is 4.61. The lowest BCUT2D eigenvalue weighted by molar-refractivity contribution is -0.112. The SMILES string of the molecule is N[C@@H](Cc1ccc(NC(=O)c2c(Cl)cc(O)cc2Cl)cc1)C(=O)Cl. The Labute approximate surface area is 153 Å². The Morgan fingerprint density at radius 1 is 1.12 bits per heavy atom. The molecule has 2 aromatic carbocycles. The Balaban J connectivity index is 2.11. The van der Waals surface area contributed by atoms with E-state index in [4.69, 9.17) is 40.5 Å². The van der Waals surface area contributed by atoms with Gasteiger partial charge in [-0.2, -0.15) is 0 Å². The van der Waals surface area contributed by atoms with Gasteiger partial charge in [0, 0.05) is 5.69 Å². The van der Waals surface area contributed by atoms with Gasteiger partial charge in [0.15, 0.2) is 0 Å². The summed E-state index contributed by atoms with van der Waals surface area (Å²) in [4.78, 5) is 23.2. The Kier molecular flexibility index (Phi) is 6.07. The molecule has 1 atom stereocenters. The molecule has 4 N–H and O–H groups in total. The lowest BCUT2D eigenvalue weighted by Gasteiger charge is -2.10. The number of nitrogens with two attached hydrogens (primary N) is 1. The molecular formula is C16H13Cl3N2O3. The summed E-state index contributed by atoms with van der Waals surface area (Å²) in [6, 6.07) is 8.43. The third-order valence-corrected chi connectivity index (χ3v) is 4.09. The first-order valence-corrected chi connectivity index (χ1v) is 7.94. The number of phenols is 1. The van der Waals surface area contributed by atoms with Crippen molar-refractivity contribution in [2.45, 2.75) is 12.5 Å². The number of amides is 1. The molecule has 0 unspecified atom stereocenters. The minimum absolute atomic E-state index is 0.0423. The summed E-state index contributed by atoms with van der Waals surface area (Å²) < 4.78 is 0. The van der Waals surface area contributed by atoms with Crippen LogP contribution < -0.4 is 11.1 Å². The fourth-order valence-electron chi connectivity index (χ4n) is 2.03. The summed E-state index contributed by atoms with van der Waals surface area (Å²) in [6.07, 6.45) is 0.298. The molecule has 0 spiro atoms. The molecule has 24 heavy (non-hydrogen) atoms. The summed E-state index contributed by atoms with van der Waals surface area (Å²) in [5.41, 5.74) is 6.96. The van der Waals surface area contributed by atoms with Gasteiger partial charge in [-0.25, -0.2) is 0 Å². The first kappa shape index (κ1) is 18.5. The molecule has 0 radical (unpaired) electrons. The first-order valence-electron chi connectivity index (χ1n) is 6.81. The summed E-state index contributed by atoms with van der Waals surface area (Å²) in [7, 11) is 0. The number of carbonyl (C=O) groups is 2. The molecule has 0 saturated carbocycles. The molecule has 2 aromatic rings. The van der Waals surface area contributed by atoms with Crippen LogP contribution in [0.2, 0.25) is 10.0 Å². The zero-order valence-corrected chi connectivity index (χ0v) is 14.5. The van der Waals surface area contributed by atoms with Crippen molar-refractivity contribution in [2.75, 3.05) is 5.32 Å². The molecule has 0 fully saturated rings. The van der Waals surface area contributed by atoms with Crippen molar-refractivity contribution >= 4 is 51.6 Å². The Morgan fingerprint density at radius 3 is 2.17 bits per heavy atom. The number of hydrogen-bond donors (Lipinski definition) is 3. The topological polar surface area (TPSA) is 92.4 Å². The number of rotatable bonds is 5. The molecule has 5 nitrogen and oxygen atoms in total. The van der Waals surface area contributed by atoms with Crippen LogP contribution in [0, 0.1) is 0 Å². The number of carbonyl (C=O) groups excluding carboxylic acids is 2. The summed E-state index contributed by atoms with van der Waals surface area (Å²) >= 11 is 17.2. The monoisotopic (exact) mass is 386 g/mol. The smallest absolute Gasteiger partial charge is 0.258 e. The third-order valence-electron chi connectivity index (χ3n) is 3.21. The normalized spacial score (nSPS) is 11.8. The summed E-state index contributed by atoms with van der Waals surface area (Å²) in [5, 5.41) is 11.5. The van der Waals surface area contributed by atoms with Gasteiger partial charge in [-0.05, 0) is 47.9 Å². The molecule has 0 bridgehead atoms. The quantitative estimate of drug-likeness (QED) is 0.684. The van der Waals surface area contributed by atoms with Crippen LogP contribution in [0.4, 0.5) is 5.69 Å². The molecule has 126 valence electrons. The standard InChI is InChI=1S/C16H13Cl3N2O3/c17-11-6-10(22)7-12(18)14(11)16(24)21-9-3-1-8(2-4-9)5-13(20)15(19)23/h1-4,6-7,13,22H,5,20H2,(H,21,24)/t13-/m0/s1. The molecule has 0 aliphatic carbocycles. The zero-order valence-electron chi connectivity index (χ0n) is 12.2.